The van der Waals surface area contributed by atoms with Crippen LogP contribution in [0.1, 0.15) is 24.0 Å². The number of aromatic nitrogens is 3. The summed E-state index contributed by atoms with van der Waals surface area (Å²) in [5.41, 5.74) is 3.43. The van der Waals surface area contributed by atoms with Gasteiger partial charge in [0, 0.05) is 24.9 Å². The van der Waals surface area contributed by atoms with E-state index in [-0.39, 0.29) is 42.8 Å². The lowest BCUT2D eigenvalue weighted by Crippen LogP contribution is -2.58. The Morgan fingerprint density at radius 3 is 2.30 bits per heavy atom. The van der Waals surface area contributed by atoms with E-state index in [1.54, 1.807) is 43.3 Å². The minimum Gasteiger partial charge on any atom is -0.394 e. The minimum absolute atomic E-state index is 0.0973. The fraction of sp³-hybridized carbons (Fsp3) is 0.359. The zero-order chi connectivity index (χ0) is 34.8. The van der Waals surface area contributed by atoms with Crippen LogP contribution < -0.4 is 0 Å². The smallest absolute Gasteiger partial charge is 0.248 e. The summed E-state index contributed by atoms with van der Waals surface area (Å²) in [7, 11) is 0. The van der Waals surface area contributed by atoms with Crippen molar-refractivity contribution in [3.63, 3.8) is 0 Å². The van der Waals surface area contributed by atoms with Gasteiger partial charge in [0.1, 0.15) is 18.2 Å². The van der Waals surface area contributed by atoms with Gasteiger partial charge in [-0.25, -0.2) is 4.68 Å². The number of thioether (sulfide) groups is 1. The summed E-state index contributed by atoms with van der Waals surface area (Å²) in [4.78, 5) is 49.8. The standard InChI is InChI=1S/C39H42N6O4S/c1-3-21-42(24-28-15-9-6-10-16-28)36(47)33-32-19-20-39(50-32)34(33)37(48)45(29(25-46)23-27-13-7-5-8-14-27)35(39)38(49)43(22-4-2)26-44-31-18-12-11-17-30(31)40-41-44/h3-18,29,32-35,46H,1-2,19-26H2/t29-,32-,33+,34+,35?,39?/m1/s1. The molecule has 50 heavy (non-hydrogen) atoms. The van der Waals surface area contributed by atoms with E-state index in [9.17, 15) is 14.7 Å². The zero-order valence-electron chi connectivity index (χ0n) is 28.0. The Morgan fingerprint density at radius 2 is 1.60 bits per heavy atom. The summed E-state index contributed by atoms with van der Waals surface area (Å²) < 4.78 is 0.850. The lowest BCUT2D eigenvalue weighted by molar-refractivity contribution is -0.147. The molecule has 3 fully saturated rings. The molecule has 4 aromatic rings. The molecule has 0 radical (unpaired) electrons. The summed E-state index contributed by atoms with van der Waals surface area (Å²) in [6.07, 6.45) is 5.09. The number of amides is 3. The van der Waals surface area contributed by atoms with Gasteiger partial charge in [-0.1, -0.05) is 90.2 Å². The number of hydrogen-bond donors (Lipinski definition) is 1. The molecule has 10 nitrogen and oxygen atoms in total. The van der Waals surface area contributed by atoms with Crippen LogP contribution in [0.15, 0.2) is 110 Å². The third-order valence-electron chi connectivity index (χ3n) is 10.4. The molecule has 1 aromatic heterocycles. The second-order valence-electron chi connectivity index (χ2n) is 13.4. The molecule has 4 heterocycles. The van der Waals surface area contributed by atoms with Crippen LogP contribution in [-0.2, 0) is 34.0 Å². The molecule has 3 aliphatic rings. The molecule has 2 unspecified atom stereocenters. The van der Waals surface area contributed by atoms with Gasteiger partial charge in [0.15, 0.2) is 0 Å². The Labute approximate surface area is 296 Å². The SMILES string of the molecule is C=CCN(Cn1nnc2ccccc21)C(=O)C1N([C@@H](CO)Cc2ccccc2)C(=O)[C@@H]2[C@@H](C(=O)N(CC=C)Cc3ccccc3)[C@H]3CCC12S3. The summed E-state index contributed by atoms with van der Waals surface area (Å²) in [5.74, 6) is -1.90. The molecular weight excluding hydrogens is 649 g/mol. The number of aliphatic hydroxyl groups excluding tert-OH is 1. The van der Waals surface area contributed by atoms with E-state index in [0.29, 0.717) is 37.9 Å². The van der Waals surface area contributed by atoms with Gasteiger partial charge in [0.25, 0.3) is 0 Å². The molecule has 0 aliphatic carbocycles. The van der Waals surface area contributed by atoms with Crippen LogP contribution in [0.3, 0.4) is 0 Å². The topological polar surface area (TPSA) is 112 Å². The van der Waals surface area contributed by atoms with Gasteiger partial charge in [-0.15, -0.1) is 30.0 Å². The predicted octanol–water partition coefficient (Wildman–Crippen LogP) is 4.31. The van der Waals surface area contributed by atoms with E-state index in [2.05, 4.69) is 23.5 Å². The molecule has 11 heteroatoms. The van der Waals surface area contributed by atoms with Crippen LogP contribution in [0.2, 0.25) is 0 Å². The minimum atomic E-state index is -0.898. The predicted molar refractivity (Wildman–Crippen MR) is 193 cm³/mol. The van der Waals surface area contributed by atoms with Gasteiger partial charge in [0.2, 0.25) is 17.7 Å². The summed E-state index contributed by atoms with van der Waals surface area (Å²) in [6, 6.07) is 25.5. The number of fused-ring (bicyclic) bond motifs is 2. The largest absolute Gasteiger partial charge is 0.394 e. The van der Waals surface area contributed by atoms with Crippen LogP contribution in [0.4, 0.5) is 0 Å². The number of carbonyl (C=O) groups is 3. The molecule has 3 aromatic carbocycles. The van der Waals surface area contributed by atoms with E-state index in [0.717, 1.165) is 16.6 Å². The fourth-order valence-electron chi connectivity index (χ4n) is 8.31. The third kappa shape index (κ3) is 5.92. The number of benzene rings is 3. The van der Waals surface area contributed by atoms with Crippen LogP contribution in [0.25, 0.3) is 11.0 Å². The number of aliphatic hydroxyl groups is 1. The quantitative estimate of drug-likeness (QED) is 0.196. The molecule has 3 amide bonds. The van der Waals surface area contributed by atoms with Gasteiger partial charge in [-0.3, -0.25) is 14.4 Å². The van der Waals surface area contributed by atoms with Gasteiger partial charge < -0.3 is 19.8 Å². The fourth-order valence-corrected chi connectivity index (χ4v) is 10.5. The second kappa shape index (κ2) is 14.2. The monoisotopic (exact) mass is 690 g/mol. The van der Waals surface area contributed by atoms with Crippen molar-refractivity contribution >= 4 is 40.5 Å². The first-order valence-corrected chi connectivity index (χ1v) is 18.0. The van der Waals surface area contributed by atoms with Crippen molar-refractivity contribution in [1.29, 1.82) is 0 Å². The average molecular weight is 691 g/mol. The Hall–Kier alpha value is -4.74. The molecule has 6 atom stereocenters. The van der Waals surface area contributed by atoms with Crippen molar-refractivity contribution < 1.29 is 19.5 Å². The highest BCUT2D eigenvalue weighted by molar-refractivity contribution is 8.02. The first kappa shape index (κ1) is 33.7. The average Bonchev–Trinajstić information content (AvgIpc) is 3.90. The molecule has 3 aliphatic heterocycles. The number of para-hydroxylation sites is 1. The molecule has 7 rings (SSSR count). The first-order valence-electron chi connectivity index (χ1n) is 17.2. The lowest BCUT2D eigenvalue weighted by atomic mass is 9.70. The molecule has 1 N–H and O–H groups in total. The van der Waals surface area contributed by atoms with Gasteiger partial charge >= 0.3 is 0 Å². The van der Waals surface area contributed by atoms with Gasteiger partial charge in [-0.05, 0) is 42.5 Å². The van der Waals surface area contributed by atoms with E-state index >= 15 is 4.79 Å². The highest BCUT2D eigenvalue weighted by Gasteiger charge is 2.74. The van der Waals surface area contributed by atoms with Gasteiger partial charge in [-0.2, -0.15) is 0 Å². The van der Waals surface area contributed by atoms with Crippen LogP contribution in [-0.4, -0.2) is 94.3 Å². The van der Waals surface area contributed by atoms with Gasteiger partial charge in [0.05, 0.1) is 34.7 Å². The second-order valence-corrected chi connectivity index (χ2v) is 15.0. The van der Waals surface area contributed by atoms with E-state index in [1.165, 1.54) is 0 Å². The molecule has 2 bridgehead atoms. The zero-order valence-corrected chi connectivity index (χ0v) is 28.8. The number of rotatable bonds is 14. The van der Waals surface area contributed by atoms with Crippen LogP contribution in [0, 0.1) is 11.8 Å². The van der Waals surface area contributed by atoms with Crippen molar-refractivity contribution in [2.45, 2.75) is 54.6 Å². The Bertz CT molecular complexity index is 1880. The Balaban J connectivity index is 1.28. The van der Waals surface area contributed by atoms with Crippen molar-refractivity contribution in [3.8, 4) is 0 Å². The number of hydrogen-bond acceptors (Lipinski definition) is 7. The van der Waals surface area contributed by atoms with Crippen molar-refractivity contribution in [3.05, 3.63) is 121 Å². The summed E-state index contributed by atoms with van der Waals surface area (Å²) in [6.45, 7) is 8.58. The highest BCUT2D eigenvalue weighted by Crippen LogP contribution is 2.67. The Kier molecular flexibility index (Phi) is 9.61. The van der Waals surface area contributed by atoms with Crippen molar-refractivity contribution in [1.82, 2.24) is 29.7 Å². The first-order chi connectivity index (χ1) is 24.4. The molecule has 0 saturated carbocycles. The number of likely N-dealkylation sites (tertiary alicyclic amines) is 1. The summed E-state index contributed by atoms with van der Waals surface area (Å²) in [5, 5.41) is 19.4. The highest BCUT2D eigenvalue weighted by atomic mass is 32.2. The van der Waals surface area contributed by atoms with Crippen LogP contribution >= 0.6 is 11.8 Å². The van der Waals surface area contributed by atoms with E-state index in [4.69, 9.17) is 0 Å². The van der Waals surface area contributed by atoms with Crippen LogP contribution in [0.5, 0.6) is 0 Å². The summed E-state index contributed by atoms with van der Waals surface area (Å²) >= 11 is 1.63. The molecular formula is C39H42N6O4S. The van der Waals surface area contributed by atoms with Crippen molar-refractivity contribution in [2.24, 2.45) is 11.8 Å². The van der Waals surface area contributed by atoms with E-state index in [1.807, 2.05) is 84.9 Å². The molecule has 258 valence electrons. The maximum Gasteiger partial charge on any atom is 0.248 e. The van der Waals surface area contributed by atoms with Crippen molar-refractivity contribution in [2.75, 3.05) is 19.7 Å². The maximum absolute atomic E-state index is 15.1. The Morgan fingerprint density at radius 1 is 0.940 bits per heavy atom. The molecule has 3 saturated heterocycles. The number of nitrogens with zero attached hydrogens (tertiary/aromatic N) is 6. The maximum atomic E-state index is 15.1. The third-order valence-corrected chi connectivity index (χ3v) is 12.4. The molecule has 1 spiro atoms. The normalized spacial score (nSPS) is 24.3. The number of carbonyl (C=O) groups excluding carboxylic acids is 3. The lowest BCUT2D eigenvalue weighted by Gasteiger charge is -2.39. The van der Waals surface area contributed by atoms with E-state index < -0.39 is 28.7 Å².